The molecule has 22 nitrogen and oxygen atoms in total. The molecule has 1 aromatic heterocycles. The van der Waals surface area contributed by atoms with Crippen molar-refractivity contribution in [2.24, 2.45) is 5.41 Å². The minimum absolute atomic E-state index is 0.0792. The number of amides is 9. The summed E-state index contributed by atoms with van der Waals surface area (Å²) < 4.78 is 36.9. The molecule has 416 valence electrons. The van der Waals surface area contributed by atoms with E-state index in [0.717, 1.165) is 35.9 Å². The van der Waals surface area contributed by atoms with Crippen LogP contribution in [0, 0.1) is 17.0 Å². The molecule has 3 aromatic carbocycles. The molecular formula is C54H63F2N9O13. The van der Waals surface area contributed by atoms with Gasteiger partial charge in [-0.1, -0.05) is 81.4 Å². The fourth-order valence-electron chi connectivity index (χ4n) is 8.30. The van der Waals surface area contributed by atoms with E-state index in [1.54, 1.807) is 80.1 Å². The van der Waals surface area contributed by atoms with Crippen LogP contribution in [0.1, 0.15) is 70.3 Å². The number of ether oxygens (including phenoxy) is 1. The summed E-state index contributed by atoms with van der Waals surface area (Å²) in [7, 11) is 0. The number of nitrogens with zero attached hydrogens (tertiary/aromatic N) is 3. The number of aliphatic hydroxyl groups excluding tert-OH is 1. The lowest BCUT2D eigenvalue weighted by atomic mass is 9.82. The standard InChI is InChI=1S/C54H63F2N9O13/c1-32(59-49(73)33(2)60-53(77)78-31-35-14-10-7-11-15-35)50(74)62-41(26-47(71)72)52(76)61-40(51(75)58-22-21-57-43(67)29-65-44(68)18-19-45(65)69)20-23-64(46(70)30-66)48(54(3,4)5)42-24-36(38-25-37(55)16-17-39(38)56)28-63(42)27-34-12-8-6-9-13-34/h6-19,24-25,28,32-33,40-41,48,66H,20-23,26-27,29-31H2,1-5H3,(H,57,67)(H,58,75)(H,59,73)(H,60,77)(H,61,76)(H,62,74)(H,71,72)/t32-,33-,40-,41-,48-/m0/s1. The predicted molar refractivity (Wildman–Crippen MR) is 276 cm³/mol. The molecule has 5 atom stereocenters. The maximum Gasteiger partial charge on any atom is 0.408 e. The number of hydrogen-bond donors (Lipinski definition) is 8. The predicted octanol–water partition coefficient (Wildman–Crippen LogP) is 2.20. The first-order valence-corrected chi connectivity index (χ1v) is 24.7. The highest BCUT2D eigenvalue weighted by molar-refractivity contribution is 6.14. The molecule has 4 aromatic rings. The van der Waals surface area contributed by atoms with Gasteiger partial charge in [0.25, 0.3) is 11.8 Å². The van der Waals surface area contributed by atoms with Crippen LogP contribution in [0.5, 0.6) is 0 Å². The van der Waals surface area contributed by atoms with Gasteiger partial charge in [0.15, 0.2) is 0 Å². The van der Waals surface area contributed by atoms with E-state index in [9.17, 15) is 62.5 Å². The molecule has 1 aliphatic heterocycles. The summed E-state index contributed by atoms with van der Waals surface area (Å²) in [4.78, 5) is 132. The van der Waals surface area contributed by atoms with Crippen molar-refractivity contribution in [3.63, 3.8) is 0 Å². The largest absolute Gasteiger partial charge is 0.481 e. The summed E-state index contributed by atoms with van der Waals surface area (Å²) >= 11 is 0. The smallest absolute Gasteiger partial charge is 0.408 e. The number of aliphatic hydroxyl groups is 1. The number of halogens is 2. The summed E-state index contributed by atoms with van der Waals surface area (Å²) in [5.41, 5.74) is 1.13. The Balaban J connectivity index is 1.39. The number of carbonyl (C=O) groups is 10. The first-order chi connectivity index (χ1) is 36.9. The number of aromatic nitrogens is 1. The first kappa shape index (κ1) is 60.1. The average molecular weight is 1080 g/mol. The van der Waals surface area contributed by atoms with Gasteiger partial charge < -0.3 is 56.3 Å². The van der Waals surface area contributed by atoms with Gasteiger partial charge in [-0.3, -0.25) is 48.1 Å². The van der Waals surface area contributed by atoms with E-state index in [-0.39, 0.29) is 37.4 Å². The zero-order valence-corrected chi connectivity index (χ0v) is 43.5. The summed E-state index contributed by atoms with van der Waals surface area (Å²) in [6.45, 7) is 5.34. The van der Waals surface area contributed by atoms with Crippen LogP contribution in [0.2, 0.25) is 0 Å². The fraction of sp³-hybridized carbons (Fsp3) is 0.370. The van der Waals surface area contributed by atoms with Gasteiger partial charge in [0.1, 0.15) is 55.6 Å². The van der Waals surface area contributed by atoms with E-state index >= 15 is 4.39 Å². The van der Waals surface area contributed by atoms with Crippen LogP contribution in [-0.2, 0) is 61.0 Å². The molecule has 0 aliphatic carbocycles. The second-order valence-corrected chi connectivity index (χ2v) is 19.3. The van der Waals surface area contributed by atoms with Crippen molar-refractivity contribution in [3.8, 4) is 11.1 Å². The lowest BCUT2D eigenvalue weighted by Crippen LogP contribution is -2.58. The molecule has 1 aliphatic rings. The molecule has 0 radical (unpaired) electrons. The van der Waals surface area contributed by atoms with Crippen molar-refractivity contribution in [2.75, 3.05) is 32.8 Å². The van der Waals surface area contributed by atoms with Crippen LogP contribution in [0.3, 0.4) is 0 Å². The van der Waals surface area contributed by atoms with Gasteiger partial charge in [-0.25, -0.2) is 13.6 Å². The van der Waals surface area contributed by atoms with Gasteiger partial charge in [0.05, 0.1) is 12.5 Å². The Kier molecular flexibility index (Phi) is 21.4. The van der Waals surface area contributed by atoms with E-state index in [0.29, 0.717) is 16.2 Å². The Hall–Kier alpha value is -8.80. The minimum atomic E-state index is -1.89. The maximum atomic E-state index is 15.4. The number of hydrogen-bond acceptors (Lipinski definition) is 12. The molecule has 0 fully saturated rings. The quantitative estimate of drug-likeness (QED) is 0.0331. The van der Waals surface area contributed by atoms with Crippen molar-refractivity contribution in [1.29, 1.82) is 0 Å². The highest BCUT2D eigenvalue weighted by atomic mass is 19.1. The third-order valence-electron chi connectivity index (χ3n) is 12.2. The Morgan fingerprint density at radius 2 is 1.31 bits per heavy atom. The van der Waals surface area contributed by atoms with E-state index in [4.69, 9.17) is 4.74 Å². The lowest BCUT2D eigenvalue weighted by molar-refractivity contribution is -0.142. The van der Waals surface area contributed by atoms with E-state index in [2.05, 4.69) is 31.9 Å². The second-order valence-electron chi connectivity index (χ2n) is 19.3. The Bertz CT molecular complexity index is 2860. The first-order valence-electron chi connectivity index (χ1n) is 24.7. The zero-order chi connectivity index (χ0) is 57.3. The number of carboxylic acids is 1. The molecule has 0 saturated carbocycles. The molecule has 2 heterocycles. The molecule has 0 spiro atoms. The molecule has 24 heteroatoms. The molecule has 0 bridgehead atoms. The zero-order valence-electron chi connectivity index (χ0n) is 43.5. The van der Waals surface area contributed by atoms with Crippen LogP contribution in [0.4, 0.5) is 13.6 Å². The van der Waals surface area contributed by atoms with E-state index in [1.165, 1.54) is 18.7 Å². The molecule has 0 saturated heterocycles. The van der Waals surface area contributed by atoms with E-state index < -0.39 is 139 Å². The van der Waals surface area contributed by atoms with Gasteiger partial charge in [-0.05, 0) is 61.1 Å². The average Bonchev–Trinajstić information content (AvgIpc) is 3.96. The van der Waals surface area contributed by atoms with Crippen LogP contribution >= 0.6 is 0 Å². The molecule has 0 unspecified atom stereocenters. The third kappa shape index (κ3) is 17.4. The van der Waals surface area contributed by atoms with Crippen molar-refractivity contribution in [3.05, 3.63) is 132 Å². The maximum absolute atomic E-state index is 15.4. The Morgan fingerprint density at radius 3 is 1.92 bits per heavy atom. The number of nitrogens with one attached hydrogen (secondary N) is 6. The number of aliphatic carboxylic acids is 1. The van der Waals surface area contributed by atoms with Crippen molar-refractivity contribution in [1.82, 2.24) is 46.3 Å². The summed E-state index contributed by atoms with van der Waals surface area (Å²) in [6, 6.07) is 15.2. The van der Waals surface area contributed by atoms with Crippen LogP contribution in [0.25, 0.3) is 11.1 Å². The second kappa shape index (κ2) is 27.8. The van der Waals surface area contributed by atoms with Gasteiger partial charge >= 0.3 is 12.1 Å². The third-order valence-corrected chi connectivity index (χ3v) is 12.2. The number of rotatable bonds is 26. The Morgan fingerprint density at radius 1 is 0.718 bits per heavy atom. The number of alkyl carbamates (subject to hydrolysis) is 1. The van der Waals surface area contributed by atoms with Crippen LogP contribution in [0.15, 0.2) is 103 Å². The summed E-state index contributed by atoms with van der Waals surface area (Å²) in [5.74, 6) is -10.0. The summed E-state index contributed by atoms with van der Waals surface area (Å²) in [6.07, 6.45) is 1.17. The van der Waals surface area contributed by atoms with Gasteiger partial charge in [-0.15, -0.1) is 0 Å². The van der Waals surface area contributed by atoms with Crippen molar-refractivity contribution < 1.29 is 71.7 Å². The highest BCUT2D eigenvalue weighted by Gasteiger charge is 2.39. The Labute approximate surface area is 447 Å². The molecular weight excluding hydrogens is 1020 g/mol. The molecule has 78 heavy (non-hydrogen) atoms. The summed E-state index contributed by atoms with van der Waals surface area (Å²) in [5, 5.41) is 34.7. The minimum Gasteiger partial charge on any atom is -0.481 e. The van der Waals surface area contributed by atoms with Crippen LogP contribution < -0.4 is 31.9 Å². The van der Waals surface area contributed by atoms with Crippen LogP contribution in [-0.4, -0.2) is 141 Å². The topological polar surface area (TPSA) is 304 Å². The van der Waals surface area contributed by atoms with Gasteiger partial charge in [-0.2, -0.15) is 0 Å². The van der Waals surface area contributed by atoms with Gasteiger partial charge in [0.2, 0.25) is 35.4 Å². The molecule has 5 rings (SSSR count). The van der Waals surface area contributed by atoms with Crippen molar-refractivity contribution >= 4 is 59.3 Å². The molecule has 9 amide bonds. The number of carbonyl (C=O) groups excluding carboxylic acids is 9. The highest BCUT2D eigenvalue weighted by Crippen LogP contribution is 2.41. The number of imide groups is 1. The normalized spacial score (nSPS) is 14.0. The fourth-order valence-corrected chi connectivity index (χ4v) is 8.30. The van der Waals surface area contributed by atoms with Crippen molar-refractivity contribution in [2.45, 2.75) is 90.8 Å². The van der Waals surface area contributed by atoms with E-state index in [1.807, 2.05) is 18.2 Å². The SMILES string of the molecule is C[C@H](NC(=O)OCc1ccccc1)C(=O)N[C@@H](C)C(=O)N[C@@H](CC(=O)O)C(=O)N[C@@H](CCN(C(=O)CO)[C@@H](c1cc(-c2cc(F)ccc2F)cn1Cc1ccccc1)C(C)(C)C)C(=O)NCCNC(=O)CN1C(=O)C=CC1=O. The lowest BCUT2D eigenvalue weighted by Gasteiger charge is -2.41. The number of benzene rings is 3. The molecule has 8 N–H and O–H groups in total. The monoisotopic (exact) mass is 1080 g/mol. The van der Waals surface area contributed by atoms with Gasteiger partial charge in [0, 0.05) is 61.3 Å². The number of carboxylic acid groups (broad SMARTS) is 1.